The number of ether oxygens (including phenoxy) is 2. The number of carbonyl (C=O) groups excluding carboxylic acids is 1. The second kappa shape index (κ2) is 5.87. The van der Waals surface area contributed by atoms with Crippen molar-refractivity contribution in [3.05, 3.63) is 41.9 Å². The third-order valence-corrected chi connectivity index (χ3v) is 4.16. The number of benzene rings is 1. The van der Waals surface area contributed by atoms with Crippen molar-refractivity contribution in [2.45, 2.75) is 25.3 Å². The van der Waals surface area contributed by atoms with Crippen LogP contribution in [-0.2, 0) is 6.42 Å². The van der Waals surface area contributed by atoms with Gasteiger partial charge >= 0.3 is 6.03 Å². The summed E-state index contributed by atoms with van der Waals surface area (Å²) >= 11 is 0. The lowest BCUT2D eigenvalue weighted by molar-refractivity contribution is 0.171. The highest BCUT2D eigenvalue weighted by Crippen LogP contribution is 2.33. The predicted octanol–water partition coefficient (Wildman–Crippen LogP) is 3.25. The number of amides is 2. The van der Waals surface area contributed by atoms with Gasteiger partial charge in [-0.2, -0.15) is 0 Å². The molecule has 2 heterocycles. The molecule has 0 saturated heterocycles. The van der Waals surface area contributed by atoms with Crippen molar-refractivity contribution in [1.29, 1.82) is 0 Å². The molecule has 0 bridgehead atoms. The lowest BCUT2D eigenvalue weighted by Crippen LogP contribution is -2.34. The molecule has 2 aliphatic rings. The summed E-state index contributed by atoms with van der Waals surface area (Å²) in [5.74, 6) is 2.34. The molecule has 4 rings (SSSR count). The maximum atomic E-state index is 12.3. The summed E-state index contributed by atoms with van der Waals surface area (Å²) in [5, 5.41) is 5.85. The monoisotopic (exact) mass is 314 g/mol. The van der Waals surface area contributed by atoms with Crippen molar-refractivity contribution in [3.8, 4) is 11.5 Å². The molecule has 23 heavy (non-hydrogen) atoms. The van der Waals surface area contributed by atoms with Crippen LogP contribution in [0.4, 0.5) is 10.5 Å². The molecule has 2 aromatic rings. The van der Waals surface area contributed by atoms with Gasteiger partial charge in [-0.15, -0.1) is 0 Å². The maximum absolute atomic E-state index is 12.3. The van der Waals surface area contributed by atoms with Gasteiger partial charge in [-0.1, -0.05) is 0 Å². The first-order chi connectivity index (χ1) is 11.3. The fourth-order valence-corrected chi connectivity index (χ4v) is 3.08. The highest BCUT2D eigenvalue weighted by Gasteiger charge is 2.24. The summed E-state index contributed by atoms with van der Waals surface area (Å²) in [5.41, 5.74) is 1.75. The molecule has 1 atom stereocenters. The number of hydrogen-bond donors (Lipinski definition) is 2. The first-order valence-corrected chi connectivity index (χ1v) is 7.83. The zero-order valence-corrected chi connectivity index (χ0v) is 12.6. The van der Waals surface area contributed by atoms with Gasteiger partial charge in [-0.25, -0.2) is 4.79 Å². The third kappa shape index (κ3) is 2.84. The Morgan fingerprint density at radius 3 is 2.91 bits per heavy atom. The number of nitrogens with one attached hydrogen (secondary N) is 2. The largest absolute Gasteiger partial charge is 0.486 e. The van der Waals surface area contributed by atoms with Gasteiger partial charge in [0.1, 0.15) is 19.0 Å². The average Bonchev–Trinajstić information content (AvgIpc) is 3.04. The summed E-state index contributed by atoms with van der Waals surface area (Å²) in [7, 11) is 0. The van der Waals surface area contributed by atoms with Gasteiger partial charge in [0.15, 0.2) is 11.5 Å². The standard InChI is InChI=1S/C17H18N2O4/c20-17(19-13-2-1-3-14-12(13)6-7-21-14)18-11-4-5-15-16(10-11)23-9-8-22-15/h4-7,10,13H,1-3,8-9H2,(H2,18,19,20). The van der Waals surface area contributed by atoms with E-state index in [0.29, 0.717) is 30.4 Å². The van der Waals surface area contributed by atoms with E-state index < -0.39 is 0 Å². The summed E-state index contributed by atoms with van der Waals surface area (Å²) < 4.78 is 16.4. The molecule has 2 amide bonds. The molecule has 120 valence electrons. The molecule has 1 aliphatic carbocycles. The van der Waals surface area contributed by atoms with E-state index in [4.69, 9.17) is 13.9 Å². The Balaban J connectivity index is 1.43. The minimum absolute atomic E-state index is 0.00490. The highest BCUT2D eigenvalue weighted by molar-refractivity contribution is 5.90. The van der Waals surface area contributed by atoms with Crippen molar-refractivity contribution in [2.75, 3.05) is 18.5 Å². The van der Waals surface area contributed by atoms with Crippen LogP contribution in [0.15, 0.2) is 34.9 Å². The molecule has 0 spiro atoms. The van der Waals surface area contributed by atoms with Gasteiger partial charge < -0.3 is 24.5 Å². The van der Waals surface area contributed by atoms with Crippen LogP contribution in [0.25, 0.3) is 0 Å². The normalized spacial score (nSPS) is 18.9. The second-order valence-corrected chi connectivity index (χ2v) is 5.70. The summed E-state index contributed by atoms with van der Waals surface area (Å²) in [6, 6.07) is 7.08. The Morgan fingerprint density at radius 2 is 2.00 bits per heavy atom. The molecule has 0 fully saturated rings. The number of urea groups is 1. The van der Waals surface area contributed by atoms with Crippen molar-refractivity contribution in [1.82, 2.24) is 5.32 Å². The molecule has 1 aromatic heterocycles. The molecule has 0 saturated carbocycles. The van der Waals surface area contributed by atoms with Gasteiger partial charge in [0, 0.05) is 23.7 Å². The summed E-state index contributed by atoms with van der Waals surface area (Å²) in [6.45, 7) is 1.07. The molecule has 1 aliphatic heterocycles. The smallest absolute Gasteiger partial charge is 0.319 e. The number of fused-ring (bicyclic) bond motifs is 2. The number of anilines is 1. The molecule has 2 N–H and O–H groups in total. The van der Waals surface area contributed by atoms with Crippen LogP contribution in [0.2, 0.25) is 0 Å². The Morgan fingerprint density at radius 1 is 1.13 bits per heavy atom. The summed E-state index contributed by atoms with van der Waals surface area (Å²) in [4.78, 5) is 12.3. The van der Waals surface area contributed by atoms with Crippen molar-refractivity contribution in [2.24, 2.45) is 0 Å². The zero-order chi connectivity index (χ0) is 15.6. The number of carbonyl (C=O) groups is 1. The Hall–Kier alpha value is -2.63. The number of rotatable bonds is 2. The Bertz CT molecular complexity index is 725. The third-order valence-electron chi connectivity index (χ3n) is 4.16. The number of hydrogen-bond acceptors (Lipinski definition) is 4. The van der Waals surface area contributed by atoms with Crippen LogP contribution in [-0.4, -0.2) is 19.2 Å². The lowest BCUT2D eigenvalue weighted by Gasteiger charge is -2.23. The molecule has 6 heteroatoms. The molecule has 1 aromatic carbocycles. The zero-order valence-electron chi connectivity index (χ0n) is 12.6. The molecule has 0 radical (unpaired) electrons. The van der Waals surface area contributed by atoms with Crippen LogP contribution < -0.4 is 20.1 Å². The minimum Gasteiger partial charge on any atom is -0.486 e. The molecular weight excluding hydrogens is 296 g/mol. The van der Waals surface area contributed by atoms with Crippen LogP contribution in [0, 0.1) is 0 Å². The van der Waals surface area contributed by atoms with E-state index in [-0.39, 0.29) is 12.1 Å². The number of furan rings is 1. The maximum Gasteiger partial charge on any atom is 0.319 e. The molecule has 6 nitrogen and oxygen atoms in total. The Labute approximate surface area is 133 Å². The molecule has 1 unspecified atom stereocenters. The van der Waals surface area contributed by atoms with E-state index in [1.54, 1.807) is 24.5 Å². The van der Waals surface area contributed by atoms with Crippen molar-refractivity contribution in [3.63, 3.8) is 0 Å². The van der Waals surface area contributed by atoms with Gasteiger partial charge in [0.25, 0.3) is 0 Å². The minimum atomic E-state index is -0.235. The topological polar surface area (TPSA) is 72.7 Å². The fourth-order valence-electron chi connectivity index (χ4n) is 3.08. The molecular formula is C17H18N2O4. The van der Waals surface area contributed by atoms with E-state index in [0.717, 1.165) is 30.6 Å². The van der Waals surface area contributed by atoms with Gasteiger partial charge in [-0.05, 0) is 31.0 Å². The lowest BCUT2D eigenvalue weighted by atomic mass is 9.93. The van der Waals surface area contributed by atoms with Gasteiger partial charge in [0.2, 0.25) is 0 Å². The van der Waals surface area contributed by atoms with E-state index in [9.17, 15) is 4.79 Å². The van der Waals surface area contributed by atoms with Gasteiger partial charge in [-0.3, -0.25) is 0 Å². The van der Waals surface area contributed by atoms with Crippen LogP contribution in [0.5, 0.6) is 11.5 Å². The van der Waals surface area contributed by atoms with Crippen molar-refractivity contribution >= 4 is 11.7 Å². The highest BCUT2D eigenvalue weighted by atomic mass is 16.6. The quantitative estimate of drug-likeness (QED) is 0.892. The van der Waals surface area contributed by atoms with Crippen LogP contribution >= 0.6 is 0 Å². The first-order valence-electron chi connectivity index (χ1n) is 7.83. The first kappa shape index (κ1) is 14.0. The van der Waals surface area contributed by atoms with E-state index in [1.807, 2.05) is 6.07 Å². The summed E-state index contributed by atoms with van der Waals surface area (Å²) in [6.07, 6.45) is 4.55. The SMILES string of the molecule is O=C(Nc1ccc2c(c1)OCCO2)NC1CCCc2occc21. The van der Waals surface area contributed by atoms with Crippen LogP contribution in [0.1, 0.15) is 30.2 Å². The van der Waals surface area contributed by atoms with Crippen molar-refractivity contribution < 1.29 is 18.7 Å². The van der Waals surface area contributed by atoms with E-state index >= 15 is 0 Å². The Kier molecular flexibility index (Phi) is 3.57. The predicted molar refractivity (Wildman–Crippen MR) is 84.0 cm³/mol. The van der Waals surface area contributed by atoms with Gasteiger partial charge in [0.05, 0.1) is 12.3 Å². The second-order valence-electron chi connectivity index (χ2n) is 5.70. The fraction of sp³-hybridized carbons (Fsp3) is 0.353. The van der Waals surface area contributed by atoms with E-state index in [1.165, 1.54) is 0 Å². The van der Waals surface area contributed by atoms with E-state index in [2.05, 4.69) is 10.6 Å². The number of aryl methyl sites for hydroxylation is 1. The average molecular weight is 314 g/mol. The van der Waals surface area contributed by atoms with Crippen LogP contribution in [0.3, 0.4) is 0 Å².